The molecule has 0 spiro atoms. The van der Waals surface area contributed by atoms with E-state index in [2.05, 4.69) is 36.4 Å². The number of thiazole rings is 1. The van der Waals surface area contributed by atoms with Crippen molar-refractivity contribution in [3.8, 4) is 44.7 Å². The Bertz CT molecular complexity index is 2740. The van der Waals surface area contributed by atoms with Gasteiger partial charge in [0.15, 0.2) is 17.5 Å². The summed E-state index contributed by atoms with van der Waals surface area (Å²) in [5, 5.41) is 5.06. The van der Waals surface area contributed by atoms with Crippen LogP contribution in [0.5, 0.6) is 0 Å². The molecule has 0 unspecified atom stereocenters. The van der Waals surface area contributed by atoms with E-state index >= 15 is 0 Å². The topological polar surface area (TPSA) is 77.8 Å². The van der Waals surface area contributed by atoms with Gasteiger partial charge in [0.25, 0.3) is 0 Å². The van der Waals surface area contributed by atoms with Crippen LogP contribution in [-0.4, -0.2) is 19.9 Å². The van der Waals surface area contributed by atoms with Crippen LogP contribution in [0, 0.1) is 0 Å². The van der Waals surface area contributed by atoms with Crippen molar-refractivity contribution in [2.24, 2.45) is 0 Å². The molecule has 7 heteroatoms. The molecule has 4 aromatic heterocycles. The van der Waals surface area contributed by atoms with Crippen LogP contribution in [0.2, 0.25) is 0 Å². The Balaban J connectivity index is 1.15. The first-order valence-electron chi connectivity index (χ1n) is 15.3. The first-order valence-corrected chi connectivity index (χ1v) is 16.1. The summed E-state index contributed by atoms with van der Waals surface area (Å²) in [5.41, 5.74) is 8.03. The van der Waals surface area contributed by atoms with Gasteiger partial charge in [0.05, 0.1) is 10.2 Å². The van der Waals surface area contributed by atoms with Crippen LogP contribution in [0.3, 0.4) is 0 Å². The number of hydrogen-bond donors (Lipinski definition) is 0. The monoisotopic (exact) mass is 622 g/mol. The molecule has 0 bridgehead atoms. The average molecular weight is 623 g/mol. The highest BCUT2D eigenvalue weighted by molar-refractivity contribution is 7.21. The van der Waals surface area contributed by atoms with E-state index in [1.807, 2.05) is 97.1 Å². The molecule has 0 saturated heterocycles. The molecule has 0 amide bonds. The van der Waals surface area contributed by atoms with Crippen molar-refractivity contribution >= 4 is 65.4 Å². The molecule has 0 saturated carbocycles. The van der Waals surface area contributed by atoms with E-state index in [-0.39, 0.29) is 0 Å². The van der Waals surface area contributed by atoms with Gasteiger partial charge in [-0.1, -0.05) is 91.0 Å². The number of para-hydroxylation sites is 1. The van der Waals surface area contributed by atoms with E-state index in [1.165, 1.54) is 0 Å². The van der Waals surface area contributed by atoms with Crippen molar-refractivity contribution < 1.29 is 8.83 Å². The van der Waals surface area contributed by atoms with Crippen LogP contribution >= 0.6 is 11.3 Å². The largest absolute Gasteiger partial charge is 0.456 e. The third-order valence-electron chi connectivity index (χ3n) is 8.57. The molecule has 4 heterocycles. The van der Waals surface area contributed by atoms with E-state index in [4.69, 9.17) is 28.8 Å². The van der Waals surface area contributed by atoms with Crippen molar-refractivity contribution in [1.82, 2.24) is 19.9 Å². The Morgan fingerprint density at radius 3 is 1.87 bits per heavy atom. The van der Waals surface area contributed by atoms with Gasteiger partial charge in [0, 0.05) is 49.9 Å². The van der Waals surface area contributed by atoms with Crippen molar-refractivity contribution in [2.75, 3.05) is 0 Å². The SMILES string of the molecule is c1ccc(-c2nc(-c3ccccc3)nc(-c3cccc4oc5cc6sc(-c7ccc8oc9ccccc9c8c7)nc6cc5c34)n2)cc1. The summed E-state index contributed by atoms with van der Waals surface area (Å²) in [6.45, 7) is 0. The summed E-state index contributed by atoms with van der Waals surface area (Å²) < 4.78 is 13.6. The fourth-order valence-corrected chi connectivity index (χ4v) is 7.32. The second-order valence-electron chi connectivity index (χ2n) is 11.5. The van der Waals surface area contributed by atoms with Crippen molar-refractivity contribution in [2.45, 2.75) is 0 Å². The first kappa shape index (κ1) is 26.1. The summed E-state index contributed by atoms with van der Waals surface area (Å²) in [7, 11) is 0. The van der Waals surface area contributed by atoms with Crippen molar-refractivity contribution in [1.29, 1.82) is 0 Å². The van der Waals surface area contributed by atoms with E-state index < -0.39 is 0 Å². The van der Waals surface area contributed by atoms with Gasteiger partial charge in [-0.15, -0.1) is 11.3 Å². The fourth-order valence-electron chi connectivity index (χ4n) is 6.35. The summed E-state index contributed by atoms with van der Waals surface area (Å²) in [4.78, 5) is 20.0. The molecule has 0 fully saturated rings. The standard InChI is InChI=1S/C40H22N4O2S/c1-3-10-23(11-4-1)37-42-38(24-12-5-2-6-13-24)44-39(43-37)27-15-9-17-33-36(27)29-21-30-35(22-34(29)46-33)47-40(41-30)25-18-19-32-28(20-25)26-14-7-8-16-31(26)45-32/h1-22H. The zero-order chi connectivity index (χ0) is 30.9. The highest BCUT2D eigenvalue weighted by atomic mass is 32.1. The molecule has 6 aromatic carbocycles. The van der Waals surface area contributed by atoms with Gasteiger partial charge in [-0.2, -0.15) is 0 Å². The maximum Gasteiger partial charge on any atom is 0.164 e. The maximum absolute atomic E-state index is 6.46. The Morgan fingerprint density at radius 2 is 1.09 bits per heavy atom. The minimum Gasteiger partial charge on any atom is -0.456 e. The molecule has 0 aliphatic rings. The van der Waals surface area contributed by atoms with Gasteiger partial charge >= 0.3 is 0 Å². The molecule has 0 atom stereocenters. The number of aromatic nitrogens is 4. The van der Waals surface area contributed by atoms with Crippen molar-refractivity contribution in [3.63, 3.8) is 0 Å². The van der Waals surface area contributed by atoms with Gasteiger partial charge in [-0.3, -0.25) is 0 Å². The lowest BCUT2D eigenvalue weighted by molar-refractivity contribution is 0.669. The molecule has 220 valence electrons. The van der Waals surface area contributed by atoms with Crippen LogP contribution in [0.15, 0.2) is 142 Å². The number of rotatable bonds is 4. The zero-order valence-electron chi connectivity index (χ0n) is 24.7. The van der Waals surface area contributed by atoms with Gasteiger partial charge in [-0.25, -0.2) is 19.9 Å². The Kier molecular flexibility index (Phi) is 5.64. The summed E-state index contributed by atoms with van der Waals surface area (Å²) in [6.07, 6.45) is 0. The minimum absolute atomic E-state index is 0.589. The lowest BCUT2D eigenvalue weighted by Gasteiger charge is -2.09. The highest BCUT2D eigenvalue weighted by Crippen LogP contribution is 2.41. The van der Waals surface area contributed by atoms with Crippen LogP contribution in [-0.2, 0) is 0 Å². The second-order valence-corrected chi connectivity index (χ2v) is 12.5. The van der Waals surface area contributed by atoms with Gasteiger partial charge < -0.3 is 8.83 Å². The smallest absolute Gasteiger partial charge is 0.164 e. The molecular formula is C40H22N4O2S. The fraction of sp³-hybridized carbons (Fsp3) is 0. The lowest BCUT2D eigenvalue weighted by atomic mass is 10.0. The molecule has 47 heavy (non-hydrogen) atoms. The van der Waals surface area contributed by atoms with Crippen molar-refractivity contribution in [3.05, 3.63) is 133 Å². The summed E-state index contributed by atoms with van der Waals surface area (Å²) in [5.74, 6) is 1.83. The number of hydrogen-bond acceptors (Lipinski definition) is 7. The molecule has 6 nitrogen and oxygen atoms in total. The molecule has 0 aliphatic heterocycles. The summed E-state index contributed by atoms with van der Waals surface area (Å²) in [6, 6.07) is 44.7. The van der Waals surface area contributed by atoms with Crippen LogP contribution in [0.25, 0.3) is 98.8 Å². The van der Waals surface area contributed by atoms with Crippen LogP contribution in [0.4, 0.5) is 0 Å². The third-order valence-corrected chi connectivity index (χ3v) is 9.64. The molecule has 0 N–H and O–H groups in total. The maximum atomic E-state index is 6.46. The van der Waals surface area contributed by atoms with E-state index in [0.717, 1.165) is 81.4 Å². The lowest BCUT2D eigenvalue weighted by Crippen LogP contribution is -2.00. The Morgan fingerprint density at radius 1 is 0.426 bits per heavy atom. The van der Waals surface area contributed by atoms with E-state index in [0.29, 0.717) is 17.5 Å². The van der Waals surface area contributed by atoms with Crippen LogP contribution in [0.1, 0.15) is 0 Å². The number of nitrogens with zero attached hydrogens (tertiary/aromatic N) is 4. The van der Waals surface area contributed by atoms with E-state index in [9.17, 15) is 0 Å². The van der Waals surface area contributed by atoms with Gasteiger partial charge in [0.1, 0.15) is 27.3 Å². The first-order chi connectivity index (χ1) is 23.2. The average Bonchev–Trinajstić information content (AvgIpc) is 3.83. The molecule has 10 aromatic rings. The predicted molar refractivity (Wildman–Crippen MR) is 189 cm³/mol. The number of fused-ring (bicyclic) bond motifs is 7. The van der Waals surface area contributed by atoms with Gasteiger partial charge in [0.2, 0.25) is 0 Å². The van der Waals surface area contributed by atoms with E-state index in [1.54, 1.807) is 11.3 Å². The molecule has 0 aliphatic carbocycles. The summed E-state index contributed by atoms with van der Waals surface area (Å²) >= 11 is 1.66. The third kappa shape index (κ3) is 4.25. The molecule has 0 radical (unpaired) electrons. The zero-order valence-corrected chi connectivity index (χ0v) is 25.5. The highest BCUT2D eigenvalue weighted by Gasteiger charge is 2.19. The number of benzene rings is 6. The minimum atomic E-state index is 0.589. The Hall–Kier alpha value is -6.18. The number of furan rings is 2. The van der Waals surface area contributed by atoms with Crippen LogP contribution < -0.4 is 0 Å². The second kappa shape index (κ2) is 10.2. The quantitative estimate of drug-likeness (QED) is 0.194. The predicted octanol–water partition coefficient (Wildman–Crippen LogP) is 10.9. The van der Waals surface area contributed by atoms with Gasteiger partial charge in [-0.05, 0) is 36.4 Å². The molecular weight excluding hydrogens is 601 g/mol. The molecule has 10 rings (SSSR count). The Labute approximate surface area is 271 Å². The normalized spacial score (nSPS) is 11.8.